The number of rotatable bonds is 11. The summed E-state index contributed by atoms with van der Waals surface area (Å²) in [6.07, 6.45) is -4.64. The van der Waals surface area contributed by atoms with Crippen molar-refractivity contribution >= 4 is 45.8 Å². The highest BCUT2D eigenvalue weighted by Gasteiger charge is 2.31. The van der Waals surface area contributed by atoms with Crippen LogP contribution in [0.25, 0.3) is 5.70 Å². The lowest BCUT2D eigenvalue weighted by Crippen LogP contribution is -2.27. The molecule has 37 heavy (non-hydrogen) atoms. The number of carbonyl (C=O) groups excluding carboxylic acids is 2. The smallest absolute Gasteiger partial charge is 0.416 e. The standard InChI is InChI=1S/C22H20ClF3N2O8S/c1-12(21(30)37-11-20(29)34-3)36-27-17(10-33-2)15-9-14(5-6-18(15)28(31)32)35-19-7-4-13(8-16(19)23)22(24,25)26/h4-10,12,27H,11H2,1-3H3. The summed E-state index contributed by atoms with van der Waals surface area (Å²) in [5.74, 6) is -0.984. The van der Waals surface area contributed by atoms with Crippen LogP contribution in [0.15, 0.2) is 42.7 Å². The van der Waals surface area contributed by atoms with Crippen molar-refractivity contribution in [3.63, 3.8) is 0 Å². The third-order valence-corrected chi connectivity index (χ3v) is 5.71. The van der Waals surface area contributed by atoms with Gasteiger partial charge >= 0.3 is 12.1 Å². The van der Waals surface area contributed by atoms with Gasteiger partial charge in [-0.25, -0.2) is 0 Å². The number of nitrogens with zero attached hydrogens (tertiary/aromatic N) is 1. The van der Waals surface area contributed by atoms with Gasteiger partial charge in [-0.2, -0.15) is 13.2 Å². The fourth-order valence-electron chi connectivity index (χ4n) is 2.61. The Morgan fingerprint density at radius 3 is 2.49 bits per heavy atom. The van der Waals surface area contributed by atoms with Crippen molar-refractivity contribution in [3.05, 3.63) is 68.9 Å². The van der Waals surface area contributed by atoms with Gasteiger partial charge in [0.25, 0.3) is 5.69 Å². The molecule has 0 saturated heterocycles. The van der Waals surface area contributed by atoms with Crippen molar-refractivity contribution in [2.24, 2.45) is 0 Å². The molecule has 1 atom stereocenters. The van der Waals surface area contributed by atoms with Gasteiger partial charge in [0.05, 0.1) is 41.0 Å². The molecule has 0 aliphatic heterocycles. The zero-order valence-corrected chi connectivity index (χ0v) is 21.0. The van der Waals surface area contributed by atoms with Gasteiger partial charge in [-0.05, 0) is 37.3 Å². The van der Waals surface area contributed by atoms with E-state index in [1.807, 2.05) is 0 Å². The number of nitro benzene ring substituents is 1. The summed E-state index contributed by atoms with van der Waals surface area (Å²) in [7, 11) is 2.43. The van der Waals surface area contributed by atoms with E-state index < -0.39 is 39.5 Å². The van der Waals surface area contributed by atoms with Crippen LogP contribution in [0.4, 0.5) is 18.9 Å². The summed E-state index contributed by atoms with van der Waals surface area (Å²) in [5, 5.41) is 10.7. The second-order valence-electron chi connectivity index (χ2n) is 6.99. The molecular formula is C22H20ClF3N2O8S. The first-order valence-electron chi connectivity index (χ1n) is 10.1. The molecule has 0 aliphatic rings. The minimum Gasteiger partial charge on any atom is -0.502 e. The van der Waals surface area contributed by atoms with Gasteiger partial charge in [-0.3, -0.25) is 30.0 Å². The van der Waals surface area contributed by atoms with Gasteiger partial charge in [0, 0.05) is 6.07 Å². The van der Waals surface area contributed by atoms with Gasteiger partial charge in [0.1, 0.15) is 23.5 Å². The molecule has 0 saturated carbocycles. The Hall–Kier alpha value is -3.49. The largest absolute Gasteiger partial charge is 0.502 e. The van der Waals surface area contributed by atoms with Crippen LogP contribution in [0, 0.1) is 10.1 Å². The number of benzene rings is 2. The minimum atomic E-state index is -4.61. The first-order valence-corrected chi connectivity index (χ1v) is 11.4. The van der Waals surface area contributed by atoms with Gasteiger partial charge < -0.3 is 14.2 Å². The third-order valence-electron chi connectivity index (χ3n) is 4.42. The third kappa shape index (κ3) is 8.55. The predicted octanol–water partition coefficient (Wildman–Crippen LogP) is 5.35. The van der Waals surface area contributed by atoms with Crippen LogP contribution in [0.2, 0.25) is 5.02 Å². The van der Waals surface area contributed by atoms with E-state index in [9.17, 15) is 32.9 Å². The predicted molar refractivity (Wildman–Crippen MR) is 128 cm³/mol. The van der Waals surface area contributed by atoms with E-state index in [-0.39, 0.29) is 33.5 Å². The van der Waals surface area contributed by atoms with Gasteiger partial charge in [-0.15, -0.1) is 0 Å². The number of alkyl halides is 3. The second kappa shape index (κ2) is 13.2. The van der Waals surface area contributed by atoms with Crippen LogP contribution in [0.3, 0.4) is 0 Å². The van der Waals surface area contributed by atoms with Crippen LogP contribution < -0.4 is 10.2 Å². The summed E-state index contributed by atoms with van der Waals surface area (Å²) in [6, 6.07) is 5.98. The molecule has 0 fully saturated rings. The minimum absolute atomic E-state index is 0.0104. The Morgan fingerprint density at radius 1 is 1.22 bits per heavy atom. The fourth-order valence-corrected chi connectivity index (χ4v) is 3.49. The number of methoxy groups -OCH3 is 2. The van der Waals surface area contributed by atoms with E-state index in [0.29, 0.717) is 17.8 Å². The molecule has 2 aromatic carbocycles. The molecule has 2 aromatic rings. The van der Waals surface area contributed by atoms with Crippen molar-refractivity contribution in [1.82, 2.24) is 5.48 Å². The maximum absolute atomic E-state index is 12.9. The van der Waals surface area contributed by atoms with Crippen LogP contribution in [-0.4, -0.2) is 42.1 Å². The number of hydrogen-bond donors (Lipinski definition) is 1. The summed E-state index contributed by atoms with van der Waals surface area (Å²) >= 11 is 6.58. The van der Waals surface area contributed by atoms with E-state index in [2.05, 4.69) is 10.2 Å². The number of nitrogens with one attached hydrogen (secondary N) is 1. The number of hydrogen-bond acceptors (Lipinski definition) is 10. The SMILES string of the molecule is COC=C(NOC(C)C(=O)SCC(=O)OC)c1cc(Oc2ccc(C(F)(F)F)cc2Cl)ccc1[N+](=O)[O-]. The fraction of sp³-hybridized carbons (Fsp3) is 0.273. The van der Waals surface area contributed by atoms with Crippen LogP contribution in [0.1, 0.15) is 18.1 Å². The molecular weight excluding hydrogens is 545 g/mol. The number of halogens is 4. The molecule has 0 spiro atoms. The average molecular weight is 565 g/mol. The molecule has 1 N–H and O–H groups in total. The highest BCUT2D eigenvalue weighted by atomic mass is 35.5. The van der Waals surface area contributed by atoms with Gasteiger partial charge in [-0.1, -0.05) is 23.4 Å². The molecule has 0 aliphatic carbocycles. The van der Waals surface area contributed by atoms with Crippen molar-refractivity contribution < 1.29 is 46.7 Å². The van der Waals surface area contributed by atoms with E-state index in [0.717, 1.165) is 24.5 Å². The second-order valence-corrected chi connectivity index (χ2v) is 8.38. The topological polar surface area (TPSA) is 126 Å². The van der Waals surface area contributed by atoms with Crippen LogP contribution in [0.5, 0.6) is 11.5 Å². The summed E-state index contributed by atoms with van der Waals surface area (Å²) in [6.45, 7) is 1.38. The number of hydroxylamine groups is 1. The van der Waals surface area contributed by atoms with Crippen LogP contribution >= 0.6 is 23.4 Å². The molecule has 10 nitrogen and oxygen atoms in total. The molecule has 0 amide bonds. The van der Waals surface area contributed by atoms with E-state index >= 15 is 0 Å². The molecule has 0 aromatic heterocycles. The maximum Gasteiger partial charge on any atom is 0.416 e. The summed E-state index contributed by atoms with van der Waals surface area (Å²) < 4.78 is 53.6. The number of thioether (sulfide) groups is 1. The van der Waals surface area contributed by atoms with E-state index in [1.54, 1.807) is 0 Å². The summed E-state index contributed by atoms with van der Waals surface area (Å²) in [5.41, 5.74) is 0.836. The highest BCUT2D eigenvalue weighted by molar-refractivity contribution is 8.14. The Morgan fingerprint density at radius 2 is 1.92 bits per heavy atom. The molecule has 2 rings (SSSR count). The normalized spacial score (nSPS) is 12.5. The lowest BCUT2D eigenvalue weighted by molar-refractivity contribution is -0.385. The molecule has 0 heterocycles. The van der Waals surface area contributed by atoms with Gasteiger partial charge in [0.2, 0.25) is 5.12 Å². The van der Waals surface area contributed by atoms with E-state index in [1.165, 1.54) is 33.3 Å². The molecule has 1 unspecified atom stereocenters. The molecule has 15 heteroatoms. The average Bonchev–Trinajstić information content (AvgIpc) is 2.84. The van der Waals surface area contributed by atoms with Crippen LogP contribution in [-0.2, 0) is 30.1 Å². The Labute approximate surface area is 217 Å². The Balaban J connectivity index is 2.29. The highest BCUT2D eigenvalue weighted by Crippen LogP contribution is 2.38. The molecule has 200 valence electrons. The number of ether oxygens (including phenoxy) is 3. The Bertz CT molecular complexity index is 1190. The van der Waals surface area contributed by atoms with E-state index in [4.69, 9.17) is 25.9 Å². The number of carbonyl (C=O) groups is 2. The Kier molecular flexibility index (Phi) is 10.6. The first-order chi connectivity index (χ1) is 17.4. The summed E-state index contributed by atoms with van der Waals surface area (Å²) in [4.78, 5) is 39.6. The van der Waals surface area contributed by atoms with Crippen molar-refractivity contribution in [2.45, 2.75) is 19.2 Å². The maximum atomic E-state index is 12.9. The number of esters is 1. The zero-order valence-electron chi connectivity index (χ0n) is 19.5. The monoisotopic (exact) mass is 564 g/mol. The molecule has 0 bridgehead atoms. The number of nitro groups is 1. The molecule has 0 radical (unpaired) electrons. The quantitative estimate of drug-likeness (QED) is 0.165. The zero-order chi connectivity index (χ0) is 27.8. The van der Waals surface area contributed by atoms with Gasteiger partial charge in [0.15, 0.2) is 6.10 Å². The van der Waals surface area contributed by atoms with Crippen molar-refractivity contribution in [3.8, 4) is 11.5 Å². The van der Waals surface area contributed by atoms with Crippen molar-refractivity contribution in [2.75, 3.05) is 20.0 Å². The lowest BCUT2D eigenvalue weighted by atomic mass is 10.1. The van der Waals surface area contributed by atoms with Crippen molar-refractivity contribution in [1.29, 1.82) is 0 Å². The first kappa shape index (κ1) is 29.7. The lowest BCUT2D eigenvalue weighted by Gasteiger charge is -2.16.